The molecule has 1 aromatic carbocycles. The topological polar surface area (TPSA) is 25.8 Å². The number of halogens is 3. The van der Waals surface area contributed by atoms with Crippen LogP contribution in [0.5, 0.6) is 0 Å². The summed E-state index contributed by atoms with van der Waals surface area (Å²) in [7, 11) is 0. The van der Waals surface area contributed by atoms with Crippen molar-refractivity contribution in [1.82, 2.24) is 9.97 Å². The SMILES string of the molecule is Cc1csc(-c2nc(Cl)c3c(C)ccc(F)c3n2)c1Cl. The number of fused-ring (bicyclic) bond motifs is 1. The molecule has 102 valence electrons. The highest BCUT2D eigenvalue weighted by Crippen LogP contribution is 2.36. The van der Waals surface area contributed by atoms with Crippen molar-refractivity contribution >= 4 is 45.4 Å². The molecule has 0 saturated carbocycles. The first kappa shape index (κ1) is 13.7. The van der Waals surface area contributed by atoms with Gasteiger partial charge in [0.25, 0.3) is 0 Å². The molecule has 0 bridgehead atoms. The second kappa shape index (κ2) is 4.95. The Morgan fingerprint density at radius 3 is 2.50 bits per heavy atom. The zero-order chi connectivity index (χ0) is 14.4. The van der Waals surface area contributed by atoms with Crippen molar-refractivity contribution in [2.75, 3.05) is 0 Å². The summed E-state index contributed by atoms with van der Waals surface area (Å²) in [5, 5.41) is 3.27. The van der Waals surface area contributed by atoms with E-state index < -0.39 is 5.82 Å². The standard InChI is InChI=1S/C14H9Cl2FN2S/c1-6-3-4-8(17)11-9(6)13(16)19-14(18-11)12-10(15)7(2)5-20-12/h3-5H,1-2H3. The first-order valence-electron chi connectivity index (χ1n) is 5.85. The molecule has 0 unspecified atom stereocenters. The van der Waals surface area contributed by atoms with Gasteiger partial charge in [0.1, 0.15) is 16.5 Å². The number of hydrogen-bond donors (Lipinski definition) is 0. The lowest BCUT2D eigenvalue weighted by Crippen LogP contribution is -1.95. The molecule has 0 aliphatic heterocycles. The molecule has 0 aliphatic carbocycles. The molecule has 0 N–H and O–H groups in total. The minimum absolute atomic E-state index is 0.224. The summed E-state index contributed by atoms with van der Waals surface area (Å²) in [6.45, 7) is 3.74. The van der Waals surface area contributed by atoms with E-state index in [1.165, 1.54) is 17.4 Å². The maximum Gasteiger partial charge on any atom is 0.173 e. The first-order chi connectivity index (χ1) is 9.49. The van der Waals surface area contributed by atoms with Crippen LogP contribution in [0.25, 0.3) is 21.6 Å². The van der Waals surface area contributed by atoms with Crippen molar-refractivity contribution in [3.63, 3.8) is 0 Å². The van der Waals surface area contributed by atoms with Gasteiger partial charge in [-0.15, -0.1) is 11.3 Å². The Hall–Kier alpha value is -1.23. The molecule has 3 aromatic rings. The average Bonchev–Trinajstić information content (AvgIpc) is 2.74. The van der Waals surface area contributed by atoms with Crippen LogP contribution in [0.3, 0.4) is 0 Å². The summed E-state index contributed by atoms with van der Waals surface area (Å²) in [5.74, 6) is -0.0596. The van der Waals surface area contributed by atoms with Crippen LogP contribution < -0.4 is 0 Å². The van der Waals surface area contributed by atoms with Gasteiger partial charge >= 0.3 is 0 Å². The summed E-state index contributed by atoms with van der Waals surface area (Å²) in [6.07, 6.45) is 0. The largest absolute Gasteiger partial charge is 0.224 e. The molecule has 0 fully saturated rings. The van der Waals surface area contributed by atoms with Crippen molar-refractivity contribution in [3.05, 3.63) is 44.6 Å². The fraction of sp³-hybridized carbons (Fsp3) is 0.143. The van der Waals surface area contributed by atoms with E-state index in [9.17, 15) is 4.39 Å². The van der Waals surface area contributed by atoms with E-state index in [4.69, 9.17) is 23.2 Å². The van der Waals surface area contributed by atoms with Gasteiger partial charge in [0.2, 0.25) is 0 Å². The fourth-order valence-electron chi connectivity index (χ4n) is 2.00. The third-order valence-corrected chi connectivity index (χ3v) is 5.03. The van der Waals surface area contributed by atoms with Crippen LogP contribution in [0.1, 0.15) is 11.1 Å². The number of rotatable bonds is 1. The van der Waals surface area contributed by atoms with Crippen LogP contribution in [0.4, 0.5) is 4.39 Å². The molecule has 0 saturated heterocycles. The molecular formula is C14H9Cl2FN2S. The Morgan fingerprint density at radius 1 is 1.10 bits per heavy atom. The van der Waals surface area contributed by atoms with E-state index in [1.807, 2.05) is 19.2 Å². The highest BCUT2D eigenvalue weighted by molar-refractivity contribution is 7.14. The van der Waals surface area contributed by atoms with Crippen LogP contribution in [0.15, 0.2) is 17.5 Å². The lowest BCUT2D eigenvalue weighted by Gasteiger charge is -2.07. The van der Waals surface area contributed by atoms with Crippen molar-refractivity contribution in [1.29, 1.82) is 0 Å². The van der Waals surface area contributed by atoms with E-state index in [2.05, 4.69) is 9.97 Å². The lowest BCUT2D eigenvalue weighted by atomic mass is 10.1. The second-order valence-corrected chi connectivity index (χ2v) is 6.10. The summed E-state index contributed by atoms with van der Waals surface area (Å²) >= 11 is 13.8. The minimum Gasteiger partial charge on any atom is -0.224 e. The van der Waals surface area contributed by atoms with Crippen LogP contribution in [0, 0.1) is 19.7 Å². The summed E-state index contributed by atoms with van der Waals surface area (Å²) in [5.41, 5.74) is 2.00. The zero-order valence-electron chi connectivity index (χ0n) is 10.7. The second-order valence-electron chi connectivity index (χ2n) is 4.49. The molecule has 2 heterocycles. The summed E-state index contributed by atoms with van der Waals surface area (Å²) in [4.78, 5) is 9.26. The van der Waals surface area contributed by atoms with Crippen LogP contribution in [0.2, 0.25) is 10.2 Å². The molecule has 0 aliphatic rings. The van der Waals surface area contributed by atoms with Crippen molar-refractivity contribution in [3.8, 4) is 10.7 Å². The van der Waals surface area contributed by atoms with E-state index in [0.29, 0.717) is 21.1 Å². The van der Waals surface area contributed by atoms with E-state index in [1.54, 1.807) is 6.07 Å². The quantitative estimate of drug-likeness (QED) is 0.558. The average molecular weight is 327 g/mol. The molecule has 3 rings (SSSR count). The number of aryl methyl sites for hydroxylation is 2. The smallest absolute Gasteiger partial charge is 0.173 e. The molecule has 20 heavy (non-hydrogen) atoms. The van der Waals surface area contributed by atoms with Gasteiger partial charge in [0.05, 0.1) is 9.90 Å². The number of thiophene rings is 1. The van der Waals surface area contributed by atoms with E-state index in [-0.39, 0.29) is 10.7 Å². The van der Waals surface area contributed by atoms with Crippen molar-refractivity contribution < 1.29 is 4.39 Å². The molecular weight excluding hydrogens is 318 g/mol. The third kappa shape index (κ3) is 2.08. The van der Waals surface area contributed by atoms with Crippen molar-refractivity contribution in [2.45, 2.75) is 13.8 Å². The van der Waals surface area contributed by atoms with Gasteiger partial charge in [0, 0.05) is 5.39 Å². The van der Waals surface area contributed by atoms with E-state index in [0.717, 1.165) is 11.1 Å². The molecule has 6 heteroatoms. The van der Waals surface area contributed by atoms with Gasteiger partial charge < -0.3 is 0 Å². The first-order valence-corrected chi connectivity index (χ1v) is 7.49. The van der Waals surface area contributed by atoms with Crippen LogP contribution in [-0.4, -0.2) is 9.97 Å². The maximum atomic E-state index is 14.0. The Labute approximate surface area is 129 Å². The Kier molecular flexibility index (Phi) is 3.40. The third-order valence-electron chi connectivity index (χ3n) is 3.07. The summed E-state index contributed by atoms with van der Waals surface area (Å²) < 4.78 is 14.0. The number of aromatic nitrogens is 2. The van der Waals surface area contributed by atoms with E-state index >= 15 is 0 Å². The van der Waals surface area contributed by atoms with Gasteiger partial charge in [-0.3, -0.25) is 0 Å². The highest BCUT2D eigenvalue weighted by Gasteiger charge is 2.17. The predicted octanol–water partition coefficient (Wildman–Crippen LogP) is 5.42. The molecule has 2 aromatic heterocycles. The summed E-state index contributed by atoms with van der Waals surface area (Å²) in [6, 6.07) is 3.04. The fourth-order valence-corrected chi connectivity index (χ4v) is 3.53. The minimum atomic E-state index is -0.416. The normalized spacial score (nSPS) is 11.2. The van der Waals surface area contributed by atoms with Gasteiger partial charge in [-0.1, -0.05) is 29.3 Å². The molecule has 0 radical (unpaired) electrons. The number of hydrogen-bond acceptors (Lipinski definition) is 3. The maximum absolute atomic E-state index is 14.0. The van der Waals surface area contributed by atoms with Gasteiger partial charge in [0.15, 0.2) is 5.82 Å². The predicted molar refractivity (Wildman–Crippen MR) is 82.3 cm³/mol. The number of benzene rings is 1. The van der Waals surface area contributed by atoms with Gasteiger partial charge in [-0.25, -0.2) is 14.4 Å². The van der Waals surface area contributed by atoms with Crippen LogP contribution in [-0.2, 0) is 0 Å². The molecule has 0 atom stereocenters. The molecule has 0 amide bonds. The Bertz CT molecular complexity index is 830. The lowest BCUT2D eigenvalue weighted by molar-refractivity contribution is 0.636. The highest BCUT2D eigenvalue weighted by atomic mass is 35.5. The van der Waals surface area contributed by atoms with Gasteiger partial charge in [-0.05, 0) is 36.4 Å². The van der Waals surface area contributed by atoms with Crippen LogP contribution >= 0.6 is 34.5 Å². The monoisotopic (exact) mass is 326 g/mol. The number of nitrogens with zero attached hydrogens (tertiary/aromatic N) is 2. The Morgan fingerprint density at radius 2 is 1.85 bits per heavy atom. The molecule has 0 spiro atoms. The zero-order valence-corrected chi connectivity index (χ0v) is 13.0. The van der Waals surface area contributed by atoms with Crippen molar-refractivity contribution in [2.24, 2.45) is 0 Å². The Balaban J connectivity index is 2.35. The van der Waals surface area contributed by atoms with Gasteiger partial charge in [-0.2, -0.15) is 0 Å². The molecule has 2 nitrogen and oxygen atoms in total.